The Hall–Kier alpha value is -1.04. The molecule has 2 rings (SSSR count). The largest absolute Gasteiger partial charge is 0.481 e. The van der Waals surface area contributed by atoms with Gasteiger partial charge in [-0.05, 0) is 25.2 Å². The third-order valence-electron chi connectivity index (χ3n) is 4.00. The molecule has 0 bridgehead atoms. The van der Waals surface area contributed by atoms with Gasteiger partial charge in [-0.25, -0.2) is 9.97 Å². The number of rotatable bonds is 4. The molecule has 1 fully saturated rings. The molecule has 0 aromatic carbocycles. The van der Waals surface area contributed by atoms with Crippen molar-refractivity contribution in [2.75, 3.05) is 7.11 Å². The smallest absolute Gasteiger partial charge is 0.391 e. The van der Waals surface area contributed by atoms with Crippen LogP contribution >= 0.6 is 11.6 Å². The monoisotopic (exact) mass is 322 g/mol. The number of alkyl halides is 4. The van der Waals surface area contributed by atoms with Gasteiger partial charge in [-0.1, -0.05) is 6.42 Å². The summed E-state index contributed by atoms with van der Waals surface area (Å²) in [7, 11) is 1.50. The molecular weight excluding hydrogens is 305 g/mol. The average Bonchev–Trinajstić information content (AvgIpc) is 2.46. The van der Waals surface area contributed by atoms with Crippen LogP contribution in [0.2, 0.25) is 0 Å². The fourth-order valence-electron chi connectivity index (χ4n) is 2.82. The number of aromatic nitrogens is 2. The molecule has 0 saturated heterocycles. The van der Waals surface area contributed by atoms with E-state index in [0.717, 1.165) is 6.42 Å². The Morgan fingerprint density at radius 1 is 1.38 bits per heavy atom. The van der Waals surface area contributed by atoms with Crippen molar-refractivity contribution in [3.8, 4) is 5.88 Å². The van der Waals surface area contributed by atoms with Gasteiger partial charge in [0.05, 0.1) is 13.0 Å². The average molecular weight is 323 g/mol. The second-order valence-electron chi connectivity index (χ2n) is 5.44. The van der Waals surface area contributed by atoms with Crippen LogP contribution in [0.25, 0.3) is 0 Å². The molecule has 7 heteroatoms. The van der Waals surface area contributed by atoms with Crippen molar-refractivity contribution in [1.29, 1.82) is 0 Å². The van der Waals surface area contributed by atoms with Gasteiger partial charge in [0.25, 0.3) is 0 Å². The highest BCUT2D eigenvalue weighted by molar-refractivity contribution is 6.20. The Balaban J connectivity index is 1.97. The first-order valence-corrected chi connectivity index (χ1v) is 7.39. The summed E-state index contributed by atoms with van der Waals surface area (Å²) in [5.74, 6) is -0.925. The lowest BCUT2D eigenvalue weighted by atomic mass is 9.78. The van der Waals surface area contributed by atoms with Crippen LogP contribution < -0.4 is 4.74 Å². The fraction of sp³-hybridized carbons (Fsp3) is 0.714. The quantitative estimate of drug-likeness (QED) is 0.786. The third-order valence-corrected chi connectivity index (χ3v) is 4.51. The van der Waals surface area contributed by atoms with Gasteiger partial charge in [0.15, 0.2) is 0 Å². The van der Waals surface area contributed by atoms with Crippen LogP contribution in [0.4, 0.5) is 13.2 Å². The van der Waals surface area contributed by atoms with E-state index in [4.69, 9.17) is 16.3 Å². The van der Waals surface area contributed by atoms with Crippen molar-refractivity contribution >= 4 is 11.6 Å². The van der Waals surface area contributed by atoms with Gasteiger partial charge in [0.1, 0.15) is 6.33 Å². The van der Waals surface area contributed by atoms with E-state index in [0.29, 0.717) is 24.4 Å². The van der Waals surface area contributed by atoms with Gasteiger partial charge in [-0.15, -0.1) is 11.6 Å². The molecule has 3 atom stereocenters. The molecule has 0 amide bonds. The van der Waals surface area contributed by atoms with Gasteiger partial charge in [0.2, 0.25) is 5.88 Å². The normalized spacial score (nSPS) is 24.6. The zero-order valence-corrected chi connectivity index (χ0v) is 12.5. The molecule has 0 radical (unpaired) electrons. The predicted molar refractivity (Wildman–Crippen MR) is 73.4 cm³/mol. The molecule has 21 heavy (non-hydrogen) atoms. The van der Waals surface area contributed by atoms with E-state index >= 15 is 0 Å². The Morgan fingerprint density at radius 2 is 2.14 bits per heavy atom. The highest BCUT2D eigenvalue weighted by atomic mass is 35.5. The van der Waals surface area contributed by atoms with Crippen LogP contribution in [0, 0.1) is 11.8 Å². The van der Waals surface area contributed by atoms with Crippen LogP contribution in [-0.2, 0) is 6.42 Å². The van der Waals surface area contributed by atoms with Crippen molar-refractivity contribution in [3.05, 3.63) is 18.1 Å². The Morgan fingerprint density at radius 3 is 2.81 bits per heavy atom. The van der Waals surface area contributed by atoms with Crippen LogP contribution in [0.3, 0.4) is 0 Å². The van der Waals surface area contributed by atoms with Crippen molar-refractivity contribution in [1.82, 2.24) is 9.97 Å². The first-order chi connectivity index (χ1) is 9.90. The van der Waals surface area contributed by atoms with E-state index in [-0.39, 0.29) is 24.1 Å². The second-order valence-corrected chi connectivity index (χ2v) is 6.00. The fourth-order valence-corrected chi connectivity index (χ4v) is 3.21. The van der Waals surface area contributed by atoms with Crippen molar-refractivity contribution in [2.45, 2.75) is 43.7 Å². The predicted octanol–water partition coefficient (Wildman–Crippen LogP) is 4.00. The summed E-state index contributed by atoms with van der Waals surface area (Å²) in [5.41, 5.74) is 0.691. The summed E-state index contributed by atoms with van der Waals surface area (Å²) in [4.78, 5) is 7.99. The highest BCUT2D eigenvalue weighted by Crippen LogP contribution is 2.42. The van der Waals surface area contributed by atoms with Gasteiger partial charge >= 0.3 is 6.18 Å². The zero-order valence-electron chi connectivity index (χ0n) is 11.7. The molecular formula is C14H18ClF3N2O. The van der Waals surface area contributed by atoms with Crippen LogP contribution in [0.1, 0.15) is 31.4 Å². The van der Waals surface area contributed by atoms with E-state index in [1.807, 2.05) is 0 Å². The molecule has 1 heterocycles. The maximum Gasteiger partial charge on any atom is 0.391 e. The van der Waals surface area contributed by atoms with Gasteiger partial charge in [-0.3, -0.25) is 0 Å². The molecule has 1 aliphatic carbocycles. The Kier molecular flexibility index (Phi) is 5.30. The Labute approximate surface area is 126 Å². The summed E-state index contributed by atoms with van der Waals surface area (Å²) in [6.07, 6.45) is -0.681. The van der Waals surface area contributed by atoms with Crippen LogP contribution in [-0.4, -0.2) is 28.6 Å². The van der Waals surface area contributed by atoms with Gasteiger partial charge in [-0.2, -0.15) is 13.2 Å². The van der Waals surface area contributed by atoms with Crippen molar-refractivity contribution in [3.63, 3.8) is 0 Å². The SMILES string of the molecule is COc1cc(CC(Cl)C2CCCC(C(F)(F)F)C2)ncn1. The molecule has 0 N–H and O–H groups in total. The number of ether oxygens (including phenoxy) is 1. The lowest BCUT2D eigenvalue weighted by Crippen LogP contribution is -2.32. The number of hydrogen-bond donors (Lipinski definition) is 0. The van der Waals surface area contributed by atoms with Crippen molar-refractivity contribution < 1.29 is 17.9 Å². The lowest BCUT2D eigenvalue weighted by molar-refractivity contribution is -0.185. The molecule has 1 saturated carbocycles. The second kappa shape index (κ2) is 6.81. The highest BCUT2D eigenvalue weighted by Gasteiger charge is 2.43. The molecule has 1 aliphatic rings. The third kappa shape index (κ3) is 4.46. The van der Waals surface area contributed by atoms with E-state index < -0.39 is 12.1 Å². The standard InChI is InChI=1S/C14H18ClF3N2O/c1-21-13-7-11(19-8-20-13)6-12(15)9-3-2-4-10(5-9)14(16,17)18/h7-10,12H,2-6H2,1H3. The number of methoxy groups -OCH3 is 1. The molecule has 1 aromatic rings. The summed E-state index contributed by atoms with van der Waals surface area (Å²) < 4.78 is 43.5. The maximum atomic E-state index is 12.8. The summed E-state index contributed by atoms with van der Waals surface area (Å²) in [6.45, 7) is 0. The van der Waals surface area contributed by atoms with E-state index in [2.05, 4.69) is 9.97 Å². The van der Waals surface area contributed by atoms with Crippen LogP contribution in [0.15, 0.2) is 12.4 Å². The van der Waals surface area contributed by atoms with Crippen molar-refractivity contribution in [2.24, 2.45) is 11.8 Å². The number of nitrogens with zero attached hydrogens (tertiary/aromatic N) is 2. The van der Waals surface area contributed by atoms with Crippen LogP contribution in [0.5, 0.6) is 5.88 Å². The minimum absolute atomic E-state index is 0.111. The molecule has 118 valence electrons. The summed E-state index contributed by atoms with van der Waals surface area (Å²) >= 11 is 6.34. The number of hydrogen-bond acceptors (Lipinski definition) is 3. The summed E-state index contributed by atoms with van der Waals surface area (Å²) in [6, 6.07) is 1.67. The number of halogens is 4. The topological polar surface area (TPSA) is 35.0 Å². The van der Waals surface area contributed by atoms with E-state index in [1.165, 1.54) is 13.4 Å². The molecule has 1 aromatic heterocycles. The molecule has 3 nitrogen and oxygen atoms in total. The first kappa shape index (κ1) is 16.3. The minimum Gasteiger partial charge on any atom is -0.481 e. The summed E-state index contributed by atoms with van der Waals surface area (Å²) in [5, 5.41) is -0.352. The molecule has 0 spiro atoms. The first-order valence-electron chi connectivity index (χ1n) is 6.96. The molecule has 3 unspecified atom stereocenters. The Bertz CT molecular complexity index is 470. The van der Waals surface area contributed by atoms with E-state index in [1.54, 1.807) is 6.07 Å². The van der Waals surface area contributed by atoms with E-state index in [9.17, 15) is 13.2 Å². The van der Waals surface area contributed by atoms with Gasteiger partial charge in [0, 0.05) is 23.6 Å². The zero-order chi connectivity index (χ0) is 15.5. The molecule has 0 aliphatic heterocycles. The van der Waals surface area contributed by atoms with Gasteiger partial charge < -0.3 is 4.74 Å². The maximum absolute atomic E-state index is 12.8. The lowest BCUT2D eigenvalue weighted by Gasteiger charge is -2.32. The minimum atomic E-state index is -4.12.